The highest BCUT2D eigenvalue weighted by atomic mass is 32.2. The van der Waals surface area contributed by atoms with E-state index < -0.39 is 15.8 Å². The molecule has 0 spiro atoms. The first-order chi connectivity index (χ1) is 14.4. The Morgan fingerprint density at radius 2 is 1.73 bits per heavy atom. The number of halogens is 1. The Bertz CT molecular complexity index is 1080. The van der Waals surface area contributed by atoms with Gasteiger partial charge in [-0.2, -0.15) is 4.31 Å². The van der Waals surface area contributed by atoms with Crippen molar-refractivity contribution in [1.82, 2.24) is 14.5 Å². The predicted octanol–water partition coefficient (Wildman–Crippen LogP) is 2.36. The number of rotatable bonds is 5. The lowest BCUT2D eigenvalue weighted by molar-refractivity contribution is 0.208. The van der Waals surface area contributed by atoms with Crippen LogP contribution in [-0.2, 0) is 16.6 Å². The number of amides is 2. The second-order valence-corrected chi connectivity index (χ2v) is 9.24. The number of nitrogens with one attached hydrogen (secondary N) is 1. The third kappa shape index (κ3) is 4.03. The van der Waals surface area contributed by atoms with Crippen LogP contribution in [0.25, 0.3) is 0 Å². The molecule has 158 valence electrons. The van der Waals surface area contributed by atoms with E-state index in [1.54, 1.807) is 12.0 Å². The zero-order valence-corrected chi connectivity index (χ0v) is 17.3. The molecule has 0 fully saturated rings. The Morgan fingerprint density at radius 1 is 1.07 bits per heavy atom. The average Bonchev–Trinajstić information content (AvgIpc) is 3.32. The molecule has 0 atom stereocenters. The number of nitrogens with zero attached hydrogens (tertiary/aromatic N) is 2. The molecule has 0 bridgehead atoms. The molecule has 30 heavy (non-hydrogen) atoms. The van der Waals surface area contributed by atoms with Crippen LogP contribution in [0.1, 0.15) is 5.56 Å². The van der Waals surface area contributed by atoms with Gasteiger partial charge < -0.3 is 15.0 Å². The van der Waals surface area contributed by atoms with Gasteiger partial charge in [-0.15, -0.1) is 0 Å². The first-order valence-corrected chi connectivity index (χ1v) is 10.9. The summed E-state index contributed by atoms with van der Waals surface area (Å²) in [5, 5.41) is 2.89. The summed E-state index contributed by atoms with van der Waals surface area (Å²) in [6.07, 6.45) is 0. The summed E-state index contributed by atoms with van der Waals surface area (Å²) in [6.45, 7) is 1.66. The molecule has 7 nitrogen and oxygen atoms in total. The van der Waals surface area contributed by atoms with Crippen molar-refractivity contribution in [3.63, 3.8) is 0 Å². The highest BCUT2D eigenvalue weighted by Gasteiger charge is 2.37. The fourth-order valence-corrected chi connectivity index (χ4v) is 5.12. The Morgan fingerprint density at radius 3 is 2.37 bits per heavy atom. The number of carbonyl (C=O) groups excluding carboxylic acids is 1. The summed E-state index contributed by atoms with van der Waals surface area (Å²) in [6, 6.07) is 12.1. The van der Waals surface area contributed by atoms with Gasteiger partial charge >= 0.3 is 6.03 Å². The van der Waals surface area contributed by atoms with Gasteiger partial charge in [0.2, 0.25) is 10.0 Å². The SMILES string of the molecule is COc1cccc(CNC(=O)N2CC3=C(C2)CN(S(=O)(=O)c2ccc(F)cc2)C3)c1. The molecule has 0 radical (unpaired) electrons. The summed E-state index contributed by atoms with van der Waals surface area (Å²) in [5.74, 6) is 0.248. The molecule has 2 aromatic carbocycles. The summed E-state index contributed by atoms with van der Waals surface area (Å²) in [5.41, 5.74) is 2.81. The average molecular weight is 431 g/mol. The first kappa shape index (κ1) is 20.4. The van der Waals surface area contributed by atoms with Crippen LogP contribution in [-0.4, -0.2) is 56.9 Å². The lowest BCUT2D eigenvalue weighted by Gasteiger charge is -2.23. The molecule has 2 amide bonds. The monoisotopic (exact) mass is 431 g/mol. The topological polar surface area (TPSA) is 79.0 Å². The third-order valence-corrected chi connectivity index (χ3v) is 7.12. The number of hydrogen-bond acceptors (Lipinski definition) is 4. The maximum absolute atomic E-state index is 13.1. The maximum atomic E-state index is 13.1. The van der Waals surface area contributed by atoms with E-state index in [1.807, 2.05) is 24.3 Å². The first-order valence-electron chi connectivity index (χ1n) is 9.48. The Kier molecular flexibility index (Phi) is 5.48. The van der Waals surface area contributed by atoms with Crippen LogP contribution < -0.4 is 10.1 Å². The molecule has 2 heterocycles. The van der Waals surface area contributed by atoms with E-state index in [-0.39, 0.29) is 24.0 Å². The summed E-state index contributed by atoms with van der Waals surface area (Å²) in [4.78, 5) is 14.3. The predicted molar refractivity (Wildman–Crippen MR) is 109 cm³/mol. The van der Waals surface area contributed by atoms with Crippen molar-refractivity contribution in [3.8, 4) is 5.75 Å². The molecule has 0 aliphatic carbocycles. The van der Waals surface area contributed by atoms with Crippen molar-refractivity contribution in [2.24, 2.45) is 0 Å². The van der Waals surface area contributed by atoms with Gasteiger partial charge in [-0.05, 0) is 53.1 Å². The highest BCUT2D eigenvalue weighted by molar-refractivity contribution is 7.89. The number of methoxy groups -OCH3 is 1. The normalized spacial score (nSPS) is 16.7. The zero-order chi connectivity index (χ0) is 21.3. The van der Waals surface area contributed by atoms with Gasteiger partial charge in [0.25, 0.3) is 0 Å². The van der Waals surface area contributed by atoms with Gasteiger partial charge in [0, 0.05) is 32.7 Å². The van der Waals surface area contributed by atoms with E-state index in [0.29, 0.717) is 19.6 Å². The van der Waals surface area contributed by atoms with Crippen LogP contribution in [0.3, 0.4) is 0 Å². The molecule has 1 N–H and O–H groups in total. The number of urea groups is 1. The Labute approximate surface area is 174 Å². The second-order valence-electron chi connectivity index (χ2n) is 7.30. The molecular formula is C21H22FN3O4S. The molecule has 0 unspecified atom stereocenters. The summed E-state index contributed by atoms with van der Waals surface area (Å²) >= 11 is 0. The van der Waals surface area contributed by atoms with E-state index in [4.69, 9.17) is 4.74 Å². The van der Waals surface area contributed by atoms with Crippen LogP contribution in [0.2, 0.25) is 0 Å². The van der Waals surface area contributed by atoms with Crippen LogP contribution >= 0.6 is 0 Å². The van der Waals surface area contributed by atoms with Gasteiger partial charge in [0.1, 0.15) is 11.6 Å². The molecule has 2 aliphatic heterocycles. The Balaban J connectivity index is 1.33. The number of sulfonamides is 1. The minimum absolute atomic E-state index is 0.0676. The van der Waals surface area contributed by atoms with E-state index in [1.165, 1.54) is 16.4 Å². The minimum atomic E-state index is -3.69. The molecule has 9 heteroatoms. The van der Waals surface area contributed by atoms with E-state index in [9.17, 15) is 17.6 Å². The van der Waals surface area contributed by atoms with Crippen molar-refractivity contribution in [3.05, 3.63) is 71.1 Å². The van der Waals surface area contributed by atoms with Crippen molar-refractivity contribution in [2.45, 2.75) is 11.4 Å². The molecule has 2 aliphatic rings. The summed E-state index contributed by atoms with van der Waals surface area (Å²) < 4.78 is 45.2. The lowest BCUT2D eigenvalue weighted by atomic mass is 10.2. The maximum Gasteiger partial charge on any atom is 0.318 e. The lowest BCUT2D eigenvalue weighted by Crippen LogP contribution is -2.41. The number of benzene rings is 2. The standard InChI is InChI=1S/C21H22FN3O4S/c1-29-19-4-2-3-15(9-19)10-23-21(26)24-11-16-13-25(14-17(16)12-24)30(27,28)20-7-5-18(22)6-8-20/h2-9H,10-14H2,1H3,(H,23,26). The second kappa shape index (κ2) is 8.08. The van der Waals surface area contributed by atoms with Crippen molar-refractivity contribution in [2.75, 3.05) is 33.3 Å². The molecule has 2 aromatic rings. The van der Waals surface area contributed by atoms with E-state index in [0.717, 1.165) is 34.6 Å². The van der Waals surface area contributed by atoms with Crippen LogP contribution in [0, 0.1) is 5.82 Å². The van der Waals surface area contributed by atoms with Gasteiger partial charge in [-0.3, -0.25) is 0 Å². The quantitative estimate of drug-likeness (QED) is 0.738. The smallest absolute Gasteiger partial charge is 0.318 e. The van der Waals surface area contributed by atoms with Crippen molar-refractivity contribution >= 4 is 16.1 Å². The largest absolute Gasteiger partial charge is 0.497 e. The highest BCUT2D eigenvalue weighted by Crippen LogP contribution is 2.30. The Hall–Kier alpha value is -2.91. The zero-order valence-electron chi connectivity index (χ0n) is 16.5. The molecule has 0 saturated heterocycles. The number of hydrogen-bond donors (Lipinski definition) is 1. The van der Waals surface area contributed by atoms with E-state index in [2.05, 4.69) is 5.32 Å². The van der Waals surface area contributed by atoms with Crippen LogP contribution in [0.5, 0.6) is 5.75 Å². The van der Waals surface area contributed by atoms with Crippen LogP contribution in [0.4, 0.5) is 9.18 Å². The van der Waals surface area contributed by atoms with Crippen molar-refractivity contribution < 1.29 is 22.3 Å². The molecule has 0 aromatic heterocycles. The summed E-state index contributed by atoms with van der Waals surface area (Å²) in [7, 11) is -2.10. The van der Waals surface area contributed by atoms with Gasteiger partial charge in [0.15, 0.2) is 0 Å². The van der Waals surface area contributed by atoms with Gasteiger partial charge in [0.05, 0.1) is 12.0 Å². The van der Waals surface area contributed by atoms with Gasteiger partial charge in [-0.25, -0.2) is 17.6 Å². The van der Waals surface area contributed by atoms with E-state index >= 15 is 0 Å². The molecule has 4 rings (SSSR count). The number of carbonyl (C=O) groups is 1. The minimum Gasteiger partial charge on any atom is -0.497 e. The van der Waals surface area contributed by atoms with Crippen LogP contribution in [0.15, 0.2) is 64.6 Å². The third-order valence-electron chi connectivity index (χ3n) is 5.31. The molecule has 0 saturated carbocycles. The fourth-order valence-electron chi connectivity index (χ4n) is 3.69. The molecular weight excluding hydrogens is 409 g/mol. The van der Waals surface area contributed by atoms with Gasteiger partial charge in [-0.1, -0.05) is 12.1 Å². The fraction of sp³-hybridized carbons (Fsp3) is 0.286. The number of ether oxygens (including phenoxy) is 1. The van der Waals surface area contributed by atoms with Crippen molar-refractivity contribution in [1.29, 1.82) is 0 Å².